The van der Waals surface area contributed by atoms with E-state index in [0.29, 0.717) is 17.8 Å². The predicted molar refractivity (Wildman–Crippen MR) is 101 cm³/mol. The molecule has 1 amide bonds. The fourth-order valence-corrected chi connectivity index (χ4v) is 2.87. The van der Waals surface area contributed by atoms with E-state index in [1.54, 1.807) is 29.9 Å². The minimum atomic E-state index is -0.720. The van der Waals surface area contributed by atoms with Gasteiger partial charge in [0.1, 0.15) is 17.4 Å². The van der Waals surface area contributed by atoms with Crippen molar-refractivity contribution in [2.75, 3.05) is 0 Å². The van der Waals surface area contributed by atoms with Gasteiger partial charge in [0.05, 0.1) is 17.3 Å². The molecular weight excluding hydrogens is 401 g/mol. The highest BCUT2D eigenvalue weighted by Crippen LogP contribution is 2.26. The number of carbonyl (C=O) groups is 2. The molecule has 2 aromatic heterocycles. The summed E-state index contributed by atoms with van der Waals surface area (Å²) in [5.74, 6) is -1.52. The van der Waals surface area contributed by atoms with Crippen molar-refractivity contribution < 1.29 is 18.5 Å². The zero-order valence-corrected chi connectivity index (χ0v) is 16.2. The Bertz CT molecular complexity index is 1110. The molecule has 0 fully saturated rings. The van der Waals surface area contributed by atoms with Crippen LogP contribution < -0.4 is 5.32 Å². The predicted octanol–water partition coefficient (Wildman–Crippen LogP) is 3.22. The number of aromatic nitrogens is 3. The van der Waals surface area contributed by atoms with Crippen molar-refractivity contribution in [2.24, 2.45) is 0 Å². The Kier molecular flexibility index (Phi) is 5.75. The van der Waals surface area contributed by atoms with E-state index in [1.807, 2.05) is 0 Å². The molecule has 148 valence electrons. The summed E-state index contributed by atoms with van der Waals surface area (Å²) in [6.07, 6.45) is 1.67. The van der Waals surface area contributed by atoms with Gasteiger partial charge < -0.3 is 9.84 Å². The Morgan fingerprint density at radius 1 is 1.41 bits per heavy atom. The minimum absolute atomic E-state index is 0.00547. The largest absolute Gasteiger partial charge is 0.352 e. The lowest BCUT2D eigenvalue weighted by molar-refractivity contribution is 0.0922. The van der Waals surface area contributed by atoms with Crippen LogP contribution >= 0.6 is 11.6 Å². The van der Waals surface area contributed by atoms with Crippen molar-refractivity contribution >= 4 is 23.3 Å². The quantitative estimate of drug-likeness (QED) is 0.618. The first kappa shape index (κ1) is 20.2. The molecule has 0 aliphatic heterocycles. The zero-order chi connectivity index (χ0) is 21.1. The van der Waals surface area contributed by atoms with Gasteiger partial charge in [0.25, 0.3) is 5.91 Å². The van der Waals surface area contributed by atoms with E-state index in [1.165, 1.54) is 25.1 Å². The van der Waals surface area contributed by atoms with Gasteiger partial charge in [0.2, 0.25) is 5.76 Å². The van der Waals surface area contributed by atoms with Crippen molar-refractivity contribution in [3.63, 3.8) is 0 Å². The molecule has 0 aliphatic carbocycles. The first-order valence-corrected chi connectivity index (χ1v) is 8.87. The molecule has 29 heavy (non-hydrogen) atoms. The van der Waals surface area contributed by atoms with Crippen molar-refractivity contribution in [2.45, 2.75) is 26.4 Å². The molecule has 8 nitrogen and oxygen atoms in total. The maximum atomic E-state index is 13.9. The molecule has 3 rings (SSSR count). The first-order valence-electron chi connectivity index (χ1n) is 8.50. The summed E-state index contributed by atoms with van der Waals surface area (Å²) >= 11 is 5.93. The molecule has 0 saturated carbocycles. The molecule has 1 aromatic carbocycles. The molecule has 0 bridgehead atoms. The number of rotatable bonds is 6. The summed E-state index contributed by atoms with van der Waals surface area (Å²) in [4.78, 5) is 23.4. The Morgan fingerprint density at radius 2 is 2.17 bits per heavy atom. The monoisotopic (exact) mass is 415 g/mol. The topological polar surface area (TPSA) is 114 Å². The smallest absolute Gasteiger partial charge is 0.273 e. The molecule has 1 atom stereocenters. The van der Waals surface area contributed by atoms with Crippen LogP contribution in [-0.4, -0.2) is 32.7 Å². The second kappa shape index (κ2) is 8.24. The van der Waals surface area contributed by atoms with E-state index in [2.05, 4.69) is 15.6 Å². The highest BCUT2D eigenvalue weighted by Gasteiger charge is 2.17. The normalized spacial score (nSPS) is 11.7. The van der Waals surface area contributed by atoms with Crippen LogP contribution in [0.25, 0.3) is 11.3 Å². The second-order valence-electron chi connectivity index (χ2n) is 6.36. The van der Waals surface area contributed by atoms with Crippen LogP contribution in [0.5, 0.6) is 0 Å². The number of hydrogen-bond acceptors (Lipinski definition) is 6. The molecule has 0 radical (unpaired) electrons. The summed E-state index contributed by atoms with van der Waals surface area (Å²) in [6, 6.07) is 7.00. The van der Waals surface area contributed by atoms with E-state index in [0.717, 1.165) is 0 Å². The number of benzene rings is 1. The van der Waals surface area contributed by atoms with Gasteiger partial charge in [-0.2, -0.15) is 10.4 Å². The number of nitriles is 1. The van der Waals surface area contributed by atoms with Gasteiger partial charge >= 0.3 is 0 Å². The van der Waals surface area contributed by atoms with Gasteiger partial charge in [-0.15, -0.1) is 0 Å². The standard InChI is InChI=1S/C19H15ClFN5O3/c1-10(23-19(28)17-7-18(11(2)27)29-25-17)9-26-4-3-16(24-26)12-5-14(20)13(8-22)15(21)6-12/h3-7,10H,9H2,1-2H3,(H,23,28). The van der Waals surface area contributed by atoms with E-state index in [9.17, 15) is 14.0 Å². The van der Waals surface area contributed by atoms with Crippen molar-refractivity contribution in [3.8, 4) is 17.3 Å². The van der Waals surface area contributed by atoms with Gasteiger partial charge in [-0.25, -0.2) is 4.39 Å². The van der Waals surface area contributed by atoms with Crippen molar-refractivity contribution in [3.05, 3.63) is 58.3 Å². The lowest BCUT2D eigenvalue weighted by Crippen LogP contribution is -2.36. The van der Waals surface area contributed by atoms with Crippen LogP contribution in [0.1, 0.15) is 40.5 Å². The van der Waals surface area contributed by atoms with Gasteiger partial charge in [0, 0.05) is 30.8 Å². The Labute approximate surface area is 169 Å². The first-order chi connectivity index (χ1) is 13.8. The van der Waals surface area contributed by atoms with Crippen molar-refractivity contribution in [1.29, 1.82) is 5.26 Å². The van der Waals surface area contributed by atoms with E-state index >= 15 is 0 Å². The maximum Gasteiger partial charge on any atom is 0.273 e. The lowest BCUT2D eigenvalue weighted by Gasteiger charge is -2.12. The maximum absolute atomic E-state index is 13.9. The zero-order valence-electron chi connectivity index (χ0n) is 15.4. The number of nitrogens with zero attached hydrogens (tertiary/aromatic N) is 4. The average Bonchev–Trinajstić information content (AvgIpc) is 3.31. The molecule has 10 heteroatoms. The molecule has 0 spiro atoms. The van der Waals surface area contributed by atoms with Crippen LogP contribution in [0.15, 0.2) is 35.0 Å². The van der Waals surface area contributed by atoms with Gasteiger partial charge in [0.15, 0.2) is 11.5 Å². The fourth-order valence-electron chi connectivity index (χ4n) is 2.62. The minimum Gasteiger partial charge on any atom is -0.352 e. The SMILES string of the molecule is CC(=O)c1cc(C(=O)NC(C)Cn2ccc(-c3cc(F)c(C#N)c(Cl)c3)n2)no1. The number of carbonyl (C=O) groups excluding carboxylic acids is 2. The number of nitrogens with one attached hydrogen (secondary N) is 1. The fraction of sp³-hybridized carbons (Fsp3) is 0.211. The Hall–Kier alpha value is -3.51. The molecule has 2 heterocycles. The van der Waals surface area contributed by atoms with Gasteiger partial charge in [-0.3, -0.25) is 14.3 Å². The van der Waals surface area contributed by atoms with Crippen molar-refractivity contribution in [1.82, 2.24) is 20.3 Å². The van der Waals surface area contributed by atoms with E-state index < -0.39 is 11.7 Å². The second-order valence-corrected chi connectivity index (χ2v) is 6.76. The van der Waals surface area contributed by atoms with E-state index in [-0.39, 0.29) is 33.9 Å². The summed E-state index contributed by atoms with van der Waals surface area (Å²) in [5, 5.41) is 19.5. The lowest BCUT2D eigenvalue weighted by atomic mass is 10.1. The molecule has 3 aromatic rings. The molecule has 0 saturated heterocycles. The van der Waals surface area contributed by atoms with Crippen LogP contribution in [0.2, 0.25) is 5.02 Å². The van der Waals surface area contributed by atoms with E-state index in [4.69, 9.17) is 21.4 Å². The number of ketones is 1. The number of hydrogen-bond donors (Lipinski definition) is 1. The average molecular weight is 416 g/mol. The van der Waals surface area contributed by atoms with Gasteiger partial charge in [-0.1, -0.05) is 16.8 Å². The molecule has 0 aliphatic rings. The van der Waals surface area contributed by atoms with Crippen LogP contribution in [-0.2, 0) is 6.54 Å². The molecule has 1 N–H and O–H groups in total. The highest BCUT2D eigenvalue weighted by atomic mass is 35.5. The summed E-state index contributed by atoms with van der Waals surface area (Å²) in [5.41, 5.74) is 0.690. The number of amides is 1. The highest BCUT2D eigenvalue weighted by molar-refractivity contribution is 6.32. The molecule has 1 unspecified atom stereocenters. The molecular formula is C19H15ClFN5O3. The third kappa shape index (κ3) is 4.50. The summed E-state index contributed by atoms with van der Waals surface area (Å²) in [6.45, 7) is 3.41. The Balaban J connectivity index is 1.67. The summed E-state index contributed by atoms with van der Waals surface area (Å²) < 4.78 is 20.3. The third-order valence-electron chi connectivity index (χ3n) is 4.02. The van der Waals surface area contributed by atoms with Gasteiger partial charge in [-0.05, 0) is 25.1 Å². The number of Topliss-reactive ketones (excluding diaryl/α,β-unsaturated/α-hetero) is 1. The Morgan fingerprint density at radius 3 is 2.79 bits per heavy atom. The number of halogens is 2. The third-order valence-corrected chi connectivity index (χ3v) is 4.32. The summed E-state index contributed by atoms with van der Waals surface area (Å²) in [7, 11) is 0. The van der Waals surface area contributed by atoms with Crippen LogP contribution in [0.3, 0.4) is 0 Å². The van der Waals surface area contributed by atoms with Crippen LogP contribution in [0.4, 0.5) is 4.39 Å². The van der Waals surface area contributed by atoms with Crippen LogP contribution in [0, 0.1) is 17.1 Å².